The van der Waals surface area contributed by atoms with Crippen LogP contribution >= 0.6 is 0 Å². The maximum atomic E-state index is 13.1. The molecule has 0 radical (unpaired) electrons. The van der Waals surface area contributed by atoms with Crippen molar-refractivity contribution < 1.29 is 9.59 Å². The SMILES string of the molecule is CN1C(=O)C(NC(=O)Nc2ccc(C#N)cc2)N=C(C2CCCCC2)c2ccccc21. The molecule has 0 bridgehead atoms. The van der Waals surface area contributed by atoms with Gasteiger partial charge >= 0.3 is 6.03 Å². The third kappa shape index (κ3) is 4.43. The van der Waals surface area contributed by atoms with E-state index in [0.29, 0.717) is 11.3 Å². The molecular weight excluding hydrogens is 390 g/mol. The molecule has 1 unspecified atom stereocenters. The van der Waals surface area contributed by atoms with Gasteiger partial charge in [-0.15, -0.1) is 0 Å². The minimum Gasteiger partial charge on any atom is -0.311 e. The van der Waals surface area contributed by atoms with E-state index in [4.69, 9.17) is 10.3 Å². The third-order valence-electron chi connectivity index (χ3n) is 5.91. The van der Waals surface area contributed by atoms with Crippen molar-refractivity contribution in [3.8, 4) is 6.07 Å². The molecule has 31 heavy (non-hydrogen) atoms. The summed E-state index contributed by atoms with van der Waals surface area (Å²) in [5.41, 5.74) is 3.71. The second-order valence-corrected chi connectivity index (χ2v) is 7.95. The van der Waals surface area contributed by atoms with Crippen molar-refractivity contribution in [2.24, 2.45) is 10.9 Å². The summed E-state index contributed by atoms with van der Waals surface area (Å²) in [6.45, 7) is 0. The topological polar surface area (TPSA) is 97.6 Å². The van der Waals surface area contributed by atoms with E-state index in [1.165, 1.54) is 6.42 Å². The molecule has 7 nitrogen and oxygen atoms in total. The summed E-state index contributed by atoms with van der Waals surface area (Å²) in [6, 6.07) is 15.8. The van der Waals surface area contributed by atoms with Gasteiger partial charge in [0.1, 0.15) is 0 Å². The number of carbonyl (C=O) groups excluding carboxylic acids is 2. The summed E-state index contributed by atoms with van der Waals surface area (Å²) < 4.78 is 0. The smallest absolute Gasteiger partial charge is 0.311 e. The minimum atomic E-state index is -1.01. The fourth-order valence-corrected chi connectivity index (χ4v) is 4.26. The zero-order chi connectivity index (χ0) is 21.8. The highest BCUT2D eigenvalue weighted by Gasteiger charge is 2.33. The average Bonchev–Trinajstić information content (AvgIpc) is 2.91. The van der Waals surface area contributed by atoms with Crippen molar-refractivity contribution in [2.45, 2.75) is 38.3 Å². The van der Waals surface area contributed by atoms with Gasteiger partial charge in [0.2, 0.25) is 6.17 Å². The minimum absolute atomic E-state index is 0.278. The summed E-state index contributed by atoms with van der Waals surface area (Å²) in [7, 11) is 1.72. The number of nitrogens with zero attached hydrogens (tertiary/aromatic N) is 3. The average molecular weight is 415 g/mol. The van der Waals surface area contributed by atoms with Crippen molar-refractivity contribution in [1.29, 1.82) is 5.26 Å². The number of anilines is 2. The van der Waals surface area contributed by atoms with Crippen LogP contribution in [0.5, 0.6) is 0 Å². The Labute approximate surface area is 181 Å². The van der Waals surface area contributed by atoms with Gasteiger partial charge in [-0.25, -0.2) is 4.79 Å². The Balaban J connectivity index is 1.60. The predicted octanol–water partition coefficient (Wildman–Crippen LogP) is 4.05. The molecule has 7 heteroatoms. The van der Waals surface area contributed by atoms with Crippen LogP contribution in [-0.2, 0) is 4.79 Å². The molecule has 1 atom stereocenters. The highest BCUT2D eigenvalue weighted by molar-refractivity contribution is 6.14. The van der Waals surface area contributed by atoms with Gasteiger partial charge in [0.15, 0.2) is 0 Å². The third-order valence-corrected chi connectivity index (χ3v) is 5.91. The van der Waals surface area contributed by atoms with Crippen molar-refractivity contribution in [1.82, 2.24) is 5.32 Å². The monoisotopic (exact) mass is 415 g/mol. The van der Waals surface area contributed by atoms with Crippen LogP contribution in [0.2, 0.25) is 0 Å². The highest BCUT2D eigenvalue weighted by Crippen LogP contribution is 2.33. The maximum Gasteiger partial charge on any atom is 0.321 e. The molecular formula is C24H25N5O2. The van der Waals surface area contributed by atoms with E-state index in [2.05, 4.69) is 10.6 Å². The number of benzodiazepines with no additional fused rings is 1. The van der Waals surface area contributed by atoms with Gasteiger partial charge in [0.25, 0.3) is 5.91 Å². The van der Waals surface area contributed by atoms with Crippen LogP contribution in [-0.4, -0.2) is 30.9 Å². The highest BCUT2D eigenvalue weighted by atomic mass is 16.2. The number of amides is 3. The van der Waals surface area contributed by atoms with Gasteiger partial charge < -0.3 is 15.5 Å². The van der Waals surface area contributed by atoms with E-state index in [1.54, 1.807) is 36.2 Å². The number of likely N-dealkylation sites (N-methyl/N-ethyl adjacent to an activating group) is 1. The Morgan fingerprint density at radius 2 is 1.81 bits per heavy atom. The van der Waals surface area contributed by atoms with Crippen molar-refractivity contribution in [2.75, 3.05) is 17.3 Å². The van der Waals surface area contributed by atoms with Crippen LogP contribution in [0.4, 0.5) is 16.2 Å². The van der Waals surface area contributed by atoms with Gasteiger partial charge in [-0.05, 0) is 43.2 Å². The molecule has 2 aliphatic rings. The molecule has 1 fully saturated rings. The molecule has 0 spiro atoms. The first kappa shape index (κ1) is 20.6. The number of carbonyl (C=O) groups is 2. The van der Waals surface area contributed by atoms with E-state index in [-0.39, 0.29) is 11.8 Å². The molecule has 1 aliphatic carbocycles. The van der Waals surface area contributed by atoms with Crippen LogP contribution in [0.15, 0.2) is 53.5 Å². The first-order valence-electron chi connectivity index (χ1n) is 10.6. The lowest BCUT2D eigenvalue weighted by atomic mass is 9.83. The number of aliphatic imine (C=N–C) groups is 1. The van der Waals surface area contributed by atoms with Crippen LogP contribution in [0.3, 0.4) is 0 Å². The van der Waals surface area contributed by atoms with E-state index in [0.717, 1.165) is 42.6 Å². The fraction of sp³-hybridized carbons (Fsp3) is 0.333. The Morgan fingerprint density at radius 1 is 1.10 bits per heavy atom. The van der Waals surface area contributed by atoms with Gasteiger partial charge in [-0.2, -0.15) is 5.26 Å². The number of para-hydroxylation sites is 1. The van der Waals surface area contributed by atoms with Crippen molar-refractivity contribution >= 4 is 29.0 Å². The fourth-order valence-electron chi connectivity index (χ4n) is 4.26. The number of benzene rings is 2. The van der Waals surface area contributed by atoms with Crippen molar-refractivity contribution in [3.05, 3.63) is 59.7 Å². The van der Waals surface area contributed by atoms with Crippen LogP contribution < -0.4 is 15.5 Å². The van der Waals surface area contributed by atoms with E-state index in [1.807, 2.05) is 30.3 Å². The summed E-state index contributed by atoms with van der Waals surface area (Å²) >= 11 is 0. The summed E-state index contributed by atoms with van der Waals surface area (Å²) in [5.74, 6) is -0.00618. The first-order chi connectivity index (χ1) is 15.1. The number of rotatable bonds is 3. The molecule has 2 N–H and O–H groups in total. The molecule has 4 rings (SSSR count). The largest absolute Gasteiger partial charge is 0.321 e. The number of hydrogen-bond donors (Lipinski definition) is 2. The molecule has 1 saturated carbocycles. The predicted molar refractivity (Wildman–Crippen MR) is 120 cm³/mol. The number of nitriles is 1. The second kappa shape index (κ2) is 9.00. The molecule has 158 valence electrons. The molecule has 1 heterocycles. The molecule has 1 aliphatic heterocycles. The van der Waals surface area contributed by atoms with Crippen LogP contribution in [0.1, 0.15) is 43.2 Å². The van der Waals surface area contributed by atoms with Crippen LogP contribution in [0.25, 0.3) is 0 Å². The molecule has 0 aromatic heterocycles. The Morgan fingerprint density at radius 3 is 2.52 bits per heavy atom. The number of nitrogens with one attached hydrogen (secondary N) is 2. The lowest BCUT2D eigenvalue weighted by molar-refractivity contribution is -0.119. The van der Waals surface area contributed by atoms with Gasteiger partial charge in [-0.1, -0.05) is 37.5 Å². The quantitative estimate of drug-likeness (QED) is 0.791. The molecule has 2 aromatic carbocycles. The normalized spacial score (nSPS) is 19.0. The lowest BCUT2D eigenvalue weighted by Gasteiger charge is -2.25. The van der Waals surface area contributed by atoms with Crippen LogP contribution in [0, 0.1) is 17.2 Å². The van der Waals surface area contributed by atoms with E-state index in [9.17, 15) is 9.59 Å². The van der Waals surface area contributed by atoms with Crippen molar-refractivity contribution in [3.63, 3.8) is 0 Å². The zero-order valence-electron chi connectivity index (χ0n) is 17.5. The molecule has 0 saturated heterocycles. The van der Waals surface area contributed by atoms with E-state index < -0.39 is 12.2 Å². The summed E-state index contributed by atoms with van der Waals surface area (Å²) in [5, 5.41) is 14.3. The molecule has 3 amide bonds. The Kier molecular flexibility index (Phi) is 5.99. The first-order valence-corrected chi connectivity index (χ1v) is 10.6. The van der Waals surface area contributed by atoms with Gasteiger partial charge in [-0.3, -0.25) is 9.79 Å². The summed E-state index contributed by atoms with van der Waals surface area (Å²) in [4.78, 5) is 32.1. The lowest BCUT2D eigenvalue weighted by Crippen LogP contribution is -2.47. The van der Waals surface area contributed by atoms with E-state index >= 15 is 0 Å². The second-order valence-electron chi connectivity index (χ2n) is 7.95. The number of fused-ring (bicyclic) bond motifs is 1. The number of hydrogen-bond acceptors (Lipinski definition) is 4. The molecule has 2 aromatic rings. The zero-order valence-corrected chi connectivity index (χ0v) is 17.5. The maximum absolute atomic E-state index is 13.1. The standard InChI is InChI=1S/C24H25N5O2/c1-29-20-10-6-5-9-19(20)21(17-7-3-2-4-8-17)27-22(23(29)30)28-24(31)26-18-13-11-16(15-25)12-14-18/h5-6,9-14,17,22H,2-4,7-8H2,1H3,(H2,26,28,31). The van der Waals surface area contributed by atoms with Gasteiger partial charge in [0, 0.05) is 24.2 Å². The van der Waals surface area contributed by atoms with Gasteiger partial charge in [0.05, 0.1) is 23.0 Å². The Bertz CT molecular complexity index is 1050. The number of urea groups is 1. The Hall–Kier alpha value is -3.66. The summed E-state index contributed by atoms with van der Waals surface area (Å²) in [6.07, 6.45) is 4.58.